The van der Waals surface area contributed by atoms with Gasteiger partial charge in [0.25, 0.3) is 0 Å². The van der Waals surface area contributed by atoms with Gasteiger partial charge in [0.1, 0.15) is 0 Å². The predicted molar refractivity (Wildman–Crippen MR) is 101 cm³/mol. The van der Waals surface area contributed by atoms with Crippen LogP contribution in [0.1, 0.15) is 31.2 Å². The van der Waals surface area contributed by atoms with Crippen LogP contribution in [0.2, 0.25) is 0 Å². The number of hydrogen-bond donors (Lipinski definition) is 1. The van der Waals surface area contributed by atoms with Gasteiger partial charge >= 0.3 is 0 Å². The van der Waals surface area contributed by atoms with Crippen LogP contribution < -0.4 is 5.32 Å². The van der Waals surface area contributed by atoms with Crippen molar-refractivity contribution in [2.75, 3.05) is 45.9 Å². The second kappa shape index (κ2) is 7.75. The first kappa shape index (κ1) is 16.9. The van der Waals surface area contributed by atoms with Crippen molar-refractivity contribution in [2.45, 2.75) is 37.8 Å². The van der Waals surface area contributed by atoms with E-state index in [1.54, 1.807) is 0 Å². The molecule has 2 saturated heterocycles. The van der Waals surface area contributed by atoms with Gasteiger partial charge < -0.3 is 15.0 Å². The van der Waals surface area contributed by atoms with Crippen molar-refractivity contribution < 1.29 is 4.74 Å². The Morgan fingerprint density at radius 2 is 2.00 bits per heavy atom. The molecule has 136 valence electrons. The van der Waals surface area contributed by atoms with E-state index in [4.69, 9.17) is 9.73 Å². The number of morpholine rings is 1. The highest BCUT2D eigenvalue weighted by Crippen LogP contribution is 2.40. The lowest BCUT2D eigenvalue weighted by Gasteiger charge is -2.32. The van der Waals surface area contributed by atoms with Crippen LogP contribution in [0.3, 0.4) is 0 Å². The molecule has 1 aromatic rings. The second-order valence-corrected chi connectivity index (χ2v) is 7.34. The summed E-state index contributed by atoms with van der Waals surface area (Å²) in [4.78, 5) is 9.84. The number of likely N-dealkylation sites (tertiary alicyclic amines) is 1. The fourth-order valence-electron chi connectivity index (χ4n) is 4.15. The highest BCUT2D eigenvalue weighted by molar-refractivity contribution is 5.81. The van der Waals surface area contributed by atoms with Crippen molar-refractivity contribution in [2.24, 2.45) is 4.99 Å². The molecule has 0 bridgehead atoms. The Morgan fingerprint density at radius 1 is 1.20 bits per heavy atom. The molecule has 2 aliphatic heterocycles. The SMILES string of the molecule is CCN=C(NC1CC1c1ccccc1)N1CCC(N2CCOCC2)C1. The first-order valence-corrected chi connectivity index (χ1v) is 9.78. The average molecular weight is 342 g/mol. The number of ether oxygens (including phenoxy) is 1. The zero-order valence-electron chi connectivity index (χ0n) is 15.2. The molecule has 5 nitrogen and oxygen atoms in total. The van der Waals surface area contributed by atoms with Gasteiger partial charge in [-0.2, -0.15) is 0 Å². The molecule has 0 aromatic heterocycles. The molecule has 3 aliphatic rings. The fraction of sp³-hybridized carbons (Fsp3) is 0.650. The molecule has 2 heterocycles. The van der Waals surface area contributed by atoms with E-state index in [0.29, 0.717) is 18.0 Å². The van der Waals surface area contributed by atoms with Crippen molar-refractivity contribution >= 4 is 5.96 Å². The van der Waals surface area contributed by atoms with Gasteiger partial charge in [0.05, 0.1) is 13.2 Å². The molecule has 3 fully saturated rings. The fourth-order valence-corrected chi connectivity index (χ4v) is 4.15. The highest BCUT2D eigenvalue weighted by atomic mass is 16.5. The smallest absolute Gasteiger partial charge is 0.194 e. The summed E-state index contributed by atoms with van der Waals surface area (Å²) in [5.41, 5.74) is 1.45. The molecule has 1 aliphatic carbocycles. The van der Waals surface area contributed by atoms with Gasteiger partial charge in [-0.05, 0) is 25.3 Å². The van der Waals surface area contributed by atoms with Gasteiger partial charge in [-0.1, -0.05) is 30.3 Å². The molecule has 25 heavy (non-hydrogen) atoms. The van der Waals surface area contributed by atoms with Crippen LogP contribution >= 0.6 is 0 Å². The summed E-state index contributed by atoms with van der Waals surface area (Å²) in [5.74, 6) is 1.75. The molecule has 1 saturated carbocycles. The van der Waals surface area contributed by atoms with Crippen LogP contribution in [0.15, 0.2) is 35.3 Å². The summed E-state index contributed by atoms with van der Waals surface area (Å²) in [7, 11) is 0. The minimum atomic E-state index is 0.537. The maximum absolute atomic E-state index is 5.50. The molecule has 1 aromatic carbocycles. The first-order valence-electron chi connectivity index (χ1n) is 9.78. The topological polar surface area (TPSA) is 40.1 Å². The third kappa shape index (κ3) is 3.98. The summed E-state index contributed by atoms with van der Waals surface area (Å²) < 4.78 is 5.50. The van der Waals surface area contributed by atoms with Crippen LogP contribution in [0.4, 0.5) is 0 Å². The van der Waals surface area contributed by atoms with Crippen LogP contribution in [0, 0.1) is 0 Å². The van der Waals surface area contributed by atoms with E-state index in [-0.39, 0.29) is 0 Å². The minimum Gasteiger partial charge on any atom is -0.379 e. The number of nitrogens with zero attached hydrogens (tertiary/aromatic N) is 3. The average Bonchev–Trinajstić information content (AvgIpc) is 3.26. The van der Waals surface area contributed by atoms with Crippen LogP contribution in [-0.4, -0.2) is 73.8 Å². The van der Waals surface area contributed by atoms with Crippen molar-refractivity contribution in [1.29, 1.82) is 0 Å². The molecule has 3 unspecified atom stereocenters. The molecule has 4 rings (SSSR count). The molecule has 1 N–H and O–H groups in total. The quantitative estimate of drug-likeness (QED) is 0.670. The zero-order chi connectivity index (χ0) is 17.1. The van der Waals surface area contributed by atoms with E-state index < -0.39 is 0 Å². The van der Waals surface area contributed by atoms with E-state index in [2.05, 4.69) is 52.4 Å². The Morgan fingerprint density at radius 3 is 2.76 bits per heavy atom. The maximum Gasteiger partial charge on any atom is 0.194 e. The summed E-state index contributed by atoms with van der Waals surface area (Å²) in [6.07, 6.45) is 2.45. The van der Waals surface area contributed by atoms with E-state index in [9.17, 15) is 0 Å². The van der Waals surface area contributed by atoms with Gasteiger partial charge in [-0.15, -0.1) is 0 Å². The molecule has 0 amide bonds. The number of aliphatic imine (C=N–C) groups is 1. The largest absolute Gasteiger partial charge is 0.379 e. The van der Waals surface area contributed by atoms with E-state index in [1.807, 2.05) is 0 Å². The lowest BCUT2D eigenvalue weighted by Crippen LogP contribution is -2.47. The predicted octanol–water partition coefficient (Wildman–Crippen LogP) is 1.91. The van der Waals surface area contributed by atoms with Crippen LogP contribution in [-0.2, 0) is 4.74 Å². The molecule has 3 atom stereocenters. The van der Waals surface area contributed by atoms with Crippen molar-refractivity contribution in [1.82, 2.24) is 15.1 Å². The standard InChI is InChI=1S/C20H30N4O/c1-2-21-20(22-19-14-18(19)16-6-4-3-5-7-16)24-9-8-17(15-24)23-10-12-25-13-11-23/h3-7,17-19H,2,8-15H2,1H3,(H,21,22). The summed E-state index contributed by atoms with van der Waals surface area (Å²) in [5, 5.41) is 3.74. The number of rotatable bonds is 4. The van der Waals surface area contributed by atoms with Gasteiger partial charge in [0, 0.05) is 50.7 Å². The number of guanidine groups is 1. The molecular formula is C20H30N4O. The lowest BCUT2D eigenvalue weighted by atomic mass is 10.1. The monoisotopic (exact) mass is 342 g/mol. The van der Waals surface area contributed by atoms with E-state index >= 15 is 0 Å². The third-order valence-electron chi connectivity index (χ3n) is 5.67. The van der Waals surface area contributed by atoms with Crippen LogP contribution in [0.5, 0.6) is 0 Å². The van der Waals surface area contributed by atoms with E-state index in [0.717, 1.165) is 51.9 Å². The van der Waals surface area contributed by atoms with Gasteiger partial charge in [0.15, 0.2) is 5.96 Å². The molecular weight excluding hydrogens is 312 g/mol. The highest BCUT2D eigenvalue weighted by Gasteiger charge is 2.40. The summed E-state index contributed by atoms with van der Waals surface area (Å²) >= 11 is 0. The lowest BCUT2D eigenvalue weighted by molar-refractivity contribution is 0.0195. The number of hydrogen-bond acceptors (Lipinski definition) is 3. The zero-order valence-corrected chi connectivity index (χ0v) is 15.2. The number of nitrogens with one attached hydrogen (secondary N) is 1. The van der Waals surface area contributed by atoms with Crippen LogP contribution in [0.25, 0.3) is 0 Å². The van der Waals surface area contributed by atoms with Gasteiger partial charge in [-0.25, -0.2) is 0 Å². The Kier molecular flexibility index (Phi) is 5.22. The third-order valence-corrected chi connectivity index (χ3v) is 5.67. The normalized spacial score (nSPS) is 30.5. The second-order valence-electron chi connectivity index (χ2n) is 7.34. The maximum atomic E-state index is 5.50. The Labute approximate surface area is 151 Å². The Balaban J connectivity index is 1.34. The van der Waals surface area contributed by atoms with Crippen molar-refractivity contribution in [3.8, 4) is 0 Å². The minimum absolute atomic E-state index is 0.537. The van der Waals surface area contributed by atoms with E-state index in [1.165, 1.54) is 18.4 Å². The Hall–Kier alpha value is -1.59. The van der Waals surface area contributed by atoms with Gasteiger partial charge in [0.2, 0.25) is 0 Å². The van der Waals surface area contributed by atoms with Gasteiger partial charge in [-0.3, -0.25) is 9.89 Å². The molecule has 5 heteroatoms. The summed E-state index contributed by atoms with van der Waals surface area (Å²) in [6, 6.07) is 12.0. The Bertz CT molecular complexity index is 585. The molecule has 0 spiro atoms. The first-order chi connectivity index (χ1) is 12.3. The summed E-state index contributed by atoms with van der Waals surface area (Å²) in [6.45, 7) is 9.07. The van der Waals surface area contributed by atoms with Crippen molar-refractivity contribution in [3.05, 3.63) is 35.9 Å². The molecule has 0 radical (unpaired) electrons. The van der Waals surface area contributed by atoms with Crippen molar-refractivity contribution in [3.63, 3.8) is 0 Å². The number of benzene rings is 1.